The highest BCUT2D eigenvalue weighted by atomic mass is 32.1. The smallest absolute Gasteiger partial charge is 0.259 e. The topological polar surface area (TPSA) is 71.4 Å². The second kappa shape index (κ2) is 9.57. The number of carbonyl (C=O) groups is 1. The maximum Gasteiger partial charge on any atom is 0.259 e. The Balaban J connectivity index is 1.57. The van der Waals surface area contributed by atoms with Gasteiger partial charge in [0, 0.05) is 40.6 Å². The molecule has 1 unspecified atom stereocenters. The molecular weight excluding hydrogens is 430 g/mol. The number of hydrogen-bond donors (Lipinski definition) is 2. The van der Waals surface area contributed by atoms with Crippen molar-refractivity contribution in [1.29, 1.82) is 0 Å². The molecule has 3 N–H and O–H groups in total. The Labute approximate surface area is 198 Å². The SMILES string of the molecule is CCCCC(Cc1c[nH]c2ccccc12)c1c(C(N)=O)sc2cc(N3CCOCC3)ccc12. The number of aromatic amines is 1. The van der Waals surface area contributed by atoms with Crippen molar-refractivity contribution < 1.29 is 9.53 Å². The van der Waals surface area contributed by atoms with Crippen molar-refractivity contribution in [1.82, 2.24) is 4.98 Å². The number of benzene rings is 2. The fourth-order valence-electron chi connectivity index (χ4n) is 5.08. The van der Waals surface area contributed by atoms with Crippen LogP contribution in [0.15, 0.2) is 48.7 Å². The quantitative estimate of drug-likeness (QED) is 0.347. The average Bonchev–Trinajstić information content (AvgIpc) is 3.43. The monoisotopic (exact) mass is 461 g/mol. The maximum absolute atomic E-state index is 12.6. The van der Waals surface area contributed by atoms with E-state index in [1.54, 1.807) is 11.3 Å². The summed E-state index contributed by atoms with van der Waals surface area (Å²) in [6.45, 7) is 5.52. The van der Waals surface area contributed by atoms with Crippen molar-refractivity contribution in [3.8, 4) is 0 Å². The van der Waals surface area contributed by atoms with Crippen LogP contribution in [0.4, 0.5) is 5.69 Å². The molecule has 33 heavy (non-hydrogen) atoms. The molecule has 1 aliphatic rings. The van der Waals surface area contributed by atoms with E-state index in [0.717, 1.165) is 67.8 Å². The van der Waals surface area contributed by atoms with Gasteiger partial charge in [-0.2, -0.15) is 0 Å². The Bertz CT molecular complexity index is 1270. The number of rotatable bonds is 8. The molecule has 4 aromatic rings. The van der Waals surface area contributed by atoms with Gasteiger partial charge in [0.05, 0.1) is 18.1 Å². The second-order valence-corrected chi connectivity index (χ2v) is 9.94. The molecule has 0 spiro atoms. The van der Waals surface area contributed by atoms with Crippen LogP contribution in [0.25, 0.3) is 21.0 Å². The number of nitrogens with one attached hydrogen (secondary N) is 1. The largest absolute Gasteiger partial charge is 0.378 e. The highest BCUT2D eigenvalue weighted by molar-refractivity contribution is 7.21. The summed E-state index contributed by atoms with van der Waals surface area (Å²) in [7, 11) is 0. The van der Waals surface area contributed by atoms with Gasteiger partial charge in [-0.3, -0.25) is 4.79 Å². The fourth-order valence-corrected chi connectivity index (χ4v) is 6.25. The Morgan fingerprint density at radius 1 is 1.18 bits per heavy atom. The van der Waals surface area contributed by atoms with Gasteiger partial charge in [-0.25, -0.2) is 0 Å². The number of amides is 1. The molecule has 1 fully saturated rings. The Morgan fingerprint density at radius 2 is 2.00 bits per heavy atom. The number of primary amides is 1. The van der Waals surface area contributed by atoms with Crippen LogP contribution in [-0.4, -0.2) is 37.2 Å². The van der Waals surface area contributed by atoms with Crippen LogP contribution in [0.2, 0.25) is 0 Å². The lowest BCUT2D eigenvalue weighted by atomic mass is 9.86. The molecule has 1 amide bonds. The molecule has 1 aliphatic heterocycles. The van der Waals surface area contributed by atoms with Crippen molar-refractivity contribution in [2.45, 2.75) is 38.5 Å². The summed E-state index contributed by atoms with van der Waals surface area (Å²) in [5.41, 5.74) is 10.7. The normalized spacial score (nSPS) is 15.4. The average molecular weight is 462 g/mol. The van der Waals surface area contributed by atoms with E-state index < -0.39 is 0 Å². The zero-order valence-electron chi connectivity index (χ0n) is 19.1. The van der Waals surface area contributed by atoms with Crippen molar-refractivity contribution in [2.24, 2.45) is 5.73 Å². The molecule has 1 saturated heterocycles. The summed E-state index contributed by atoms with van der Waals surface area (Å²) in [4.78, 5) is 19.0. The lowest BCUT2D eigenvalue weighted by Gasteiger charge is -2.29. The van der Waals surface area contributed by atoms with Crippen LogP contribution < -0.4 is 10.6 Å². The highest BCUT2D eigenvalue weighted by Gasteiger charge is 2.25. The van der Waals surface area contributed by atoms with Crippen LogP contribution in [0, 0.1) is 0 Å². The molecule has 0 bridgehead atoms. The van der Waals surface area contributed by atoms with E-state index in [2.05, 4.69) is 65.5 Å². The first-order valence-electron chi connectivity index (χ1n) is 11.9. The van der Waals surface area contributed by atoms with Crippen LogP contribution >= 0.6 is 11.3 Å². The van der Waals surface area contributed by atoms with Gasteiger partial charge in [0.25, 0.3) is 5.91 Å². The van der Waals surface area contributed by atoms with E-state index in [4.69, 9.17) is 10.5 Å². The predicted molar refractivity (Wildman–Crippen MR) is 138 cm³/mol. The van der Waals surface area contributed by atoms with Gasteiger partial charge in [0.15, 0.2) is 0 Å². The maximum atomic E-state index is 12.6. The van der Waals surface area contributed by atoms with E-state index in [9.17, 15) is 4.79 Å². The number of ether oxygens (including phenoxy) is 1. The molecule has 2 aromatic heterocycles. The Kier molecular flexibility index (Phi) is 6.38. The molecule has 0 aliphatic carbocycles. The summed E-state index contributed by atoms with van der Waals surface area (Å²) in [5.74, 6) is -0.0748. The van der Waals surface area contributed by atoms with Crippen molar-refractivity contribution >= 4 is 43.9 Å². The van der Waals surface area contributed by atoms with Gasteiger partial charge in [0.1, 0.15) is 0 Å². The summed E-state index contributed by atoms with van der Waals surface area (Å²) < 4.78 is 6.65. The minimum absolute atomic E-state index is 0.245. The number of thiophene rings is 1. The number of anilines is 1. The van der Waals surface area contributed by atoms with E-state index in [-0.39, 0.29) is 11.8 Å². The highest BCUT2D eigenvalue weighted by Crippen LogP contribution is 2.42. The summed E-state index contributed by atoms with van der Waals surface area (Å²) in [6, 6.07) is 15.0. The van der Waals surface area contributed by atoms with E-state index >= 15 is 0 Å². The number of para-hydroxylation sites is 1. The van der Waals surface area contributed by atoms with E-state index in [1.807, 2.05) is 0 Å². The fraction of sp³-hybridized carbons (Fsp3) is 0.370. The zero-order valence-corrected chi connectivity index (χ0v) is 19.9. The third-order valence-corrected chi connectivity index (χ3v) is 7.95. The van der Waals surface area contributed by atoms with Crippen LogP contribution in [0.1, 0.15) is 52.9 Å². The van der Waals surface area contributed by atoms with Gasteiger partial charge >= 0.3 is 0 Å². The molecule has 0 saturated carbocycles. The molecule has 5 nitrogen and oxygen atoms in total. The van der Waals surface area contributed by atoms with Crippen molar-refractivity contribution in [3.63, 3.8) is 0 Å². The van der Waals surface area contributed by atoms with Gasteiger partial charge in [0.2, 0.25) is 0 Å². The molecule has 172 valence electrons. The van der Waals surface area contributed by atoms with Gasteiger partial charge in [-0.05, 0) is 53.5 Å². The standard InChI is InChI=1S/C27H31N3O2S/c1-2-3-6-18(15-19-17-29-23-8-5-4-7-21(19)23)25-22-10-9-20(30-11-13-32-14-12-30)16-24(22)33-26(25)27(28)31/h4-5,7-10,16-18,29H,2-3,6,11-15H2,1H3,(H2,28,31). The predicted octanol–water partition coefficient (Wildman–Crippen LogP) is 5.83. The molecule has 3 heterocycles. The minimum Gasteiger partial charge on any atom is -0.378 e. The van der Waals surface area contributed by atoms with Crippen LogP contribution in [0.3, 0.4) is 0 Å². The van der Waals surface area contributed by atoms with E-state index in [1.165, 1.54) is 22.0 Å². The molecule has 6 heteroatoms. The molecular formula is C27H31N3O2S. The third-order valence-electron chi connectivity index (χ3n) is 6.77. The van der Waals surface area contributed by atoms with Crippen molar-refractivity contribution in [2.75, 3.05) is 31.2 Å². The number of fused-ring (bicyclic) bond motifs is 2. The summed E-state index contributed by atoms with van der Waals surface area (Å²) in [5, 5.41) is 2.43. The lowest BCUT2D eigenvalue weighted by molar-refractivity contribution is 0.100. The molecule has 1 atom stereocenters. The van der Waals surface area contributed by atoms with Gasteiger partial charge < -0.3 is 20.4 Å². The summed E-state index contributed by atoms with van der Waals surface area (Å²) in [6.07, 6.45) is 6.29. The minimum atomic E-state index is -0.320. The molecule has 2 aromatic carbocycles. The second-order valence-electron chi connectivity index (χ2n) is 8.89. The zero-order chi connectivity index (χ0) is 22.8. The number of carbonyl (C=O) groups excluding carboxylic acids is 1. The van der Waals surface area contributed by atoms with Gasteiger partial charge in [-0.1, -0.05) is 44.0 Å². The third kappa shape index (κ3) is 4.37. The Hall–Kier alpha value is -2.83. The first-order chi connectivity index (χ1) is 16.2. The number of H-pyrrole nitrogens is 1. The van der Waals surface area contributed by atoms with Crippen molar-refractivity contribution in [3.05, 3.63) is 64.7 Å². The van der Waals surface area contributed by atoms with Crippen LogP contribution in [0.5, 0.6) is 0 Å². The molecule has 0 radical (unpaired) electrons. The number of hydrogen-bond acceptors (Lipinski definition) is 4. The van der Waals surface area contributed by atoms with Gasteiger partial charge in [-0.15, -0.1) is 11.3 Å². The first-order valence-corrected chi connectivity index (χ1v) is 12.7. The number of nitrogens with two attached hydrogens (primary N) is 1. The lowest BCUT2D eigenvalue weighted by Crippen LogP contribution is -2.36. The number of unbranched alkanes of at least 4 members (excludes halogenated alkanes) is 1. The van der Waals surface area contributed by atoms with E-state index in [0.29, 0.717) is 4.88 Å². The first kappa shape index (κ1) is 22.0. The number of aromatic nitrogens is 1. The van der Waals surface area contributed by atoms with Crippen LogP contribution in [-0.2, 0) is 11.2 Å². The number of morpholine rings is 1. The number of nitrogens with zero attached hydrogens (tertiary/aromatic N) is 1. The molecule has 5 rings (SSSR count). The Morgan fingerprint density at radius 3 is 2.79 bits per heavy atom. The summed E-state index contributed by atoms with van der Waals surface area (Å²) >= 11 is 1.55.